The van der Waals surface area contributed by atoms with Crippen molar-refractivity contribution in [3.63, 3.8) is 0 Å². The average molecular weight is 370 g/mol. The Morgan fingerprint density at radius 3 is 2.46 bits per heavy atom. The van der Waals surface area contributed by atoms with Gasteiger partial charge in [-0.3, -0.25) is 9.59 Å². The standard InChI is InChI=1S/C16H22N2O4S2/c1-3-18(14-8-9-24(21,22)11-14)16(20)10-23-15-6-4-13(5-7-15)17-12(2)19/h4-7,14H,3,8-11H2,1-2H3,(H,17,19)/t14-/m1/s1. The Balaban J connectivity index is 1.90. The van der Waals surface area contributed by atoms with Gasteiger partial charge in [-0.15, -0.1) is 11.8 Å². The predicted octanol–water partition coefficient (Wildman–Crippen LogP) is 1.77. The van der Waals surface area contributed by atoms with Crippen molar-refractivity contribution in [2.75, 3.05) is 29.1 Å². The molecule has 1 aromatic rings. The van der Waals surface area contributed by atoms with Gasteiger partial charge in [-0.05, 0) is 37.6 Å². The molecular weight excluding hydrogens is 348 g/mol. The van der Waals surface area contributed by atoms with Crippen molar-refractivity contribution in [2.45, 2.75) is 31.2 Å². The van der Waals surface area contributed by atoms with E-state index in [1.54, 1.807) is 17.0 Å². The molecule has 0 unspecified atom stereocenters. The summed E-state index contributed by atoms with van der Waals surface area (Å²) in [5.74, 6) is 0.331. The van der Waals surface area contributed by atoms with Crippen molar-refractivity contribution in [3.05, 3.63) is 24.3 Å². The van der Waals surface area contributed by atoms with Crippen molar-refractivity contribution in [1.29, 1.82) is 0 Å². The van der Waals surface area contributed by atoms with Crippen LogP contribution in [0.3, 0.4) is 0 Å². The van der Waals surface area contributed by atoms with E-state index in [-0.39, 0.29) is 35.1 Å². The van der Waals surface area contributed by atoms with E-state index in [2.05, 4.69) is 5.32 Å². The van der Waals surface area contributed by atoms with Crippen LogP contribution in [0.25, 0.3) is 0 Å². The van der Waals surface area contributed by atoms with E-state index in [0.717, 1.165) is 4.90 Å². The lowest BCUT2D eigenvalue weighted by Gasteiger charge is -2.26. The first-order valence-electron chi connectivity index (χ1n) is 7.81. The fourth-order valence-corrected chi connectivity index (χ4v) is 5.24. The number of nitrogens with one attached hydrogen (secondary N) is 1. The van der Waals surface area contributed by atoms with Crippen molar-refractivity contribution >= 4 is 39.1 Å². The second kappa shape index (κ2) is 8.02. The molecule has 1 N–H and O–H groups in total. The molecule has 1 aliphatic heterocycles. The Morgan fingerprint density at radius 1 is 1.29 bits per heavy atom. The normalized spacial score (nSPS) is 19.0. The van der Waals surface area contributed by atoms with E-state index in [0.29, 0.717) is 18.7 Å². The number of anilines is 1. The highest BCUT2D eigenvalue weighted by molar-refractivity contribution is 8.00. The van der Waals surface area contributed by atoms with Gasteiger partial charge in [0.2, 0.25) is 11.8 Å². The van der Waals surface area contributed by atoms with Crippen LogP contribution in [0.15, 0.2) is 29.2 Å². The zero-order chi connectivity index (χ0) is 17.7. The summed E-state index contributed by atoms with van der Waals surface area (Å²) in [4.78, 5) is 26.0. The van der Waals surface area contributed by atoms with Crippen LogP contribution in [0.2, 0.25) is 0 Å². The first-order chi connectivity index (χ1) is 11.3. The average Bonchev–Trinajstić information content (AvgIpc) is 2.86. The molecule has 0 spiro atoms. The van der Waals surface area contributed by atoms with Gasteiger partial charge in [0.05, 0.1) is 17.3 Å². The molecule has 0 aliphatic carbocycles. The van der Waals surface area contributed by atoms with Crippen molar-refractivity contribution in [3.8, 4) is 0 Å². The molecule has 0 radical (unpaired) electrons. The van der Waals surface area contributed by atoms with Gasteiger partial charge in [-0.1, -0.05) is 0 Å². The number of rotatable bonds is 6. The highest BCUT2D eigenvalue weighted by Gasteiger charge is 2.33. The molecule has 1 saturated heterocycles. The molecule has 0 bridgehead atoms. The highest BCUT2D eigenvalue weighted by atomic mass is 32.2. The number of thioether (sulfide) groups is 1. The summed E-state index contributed by atoms with van der Waals surface area (Å²) in [6.45, 7) is 3.83. The molecule has 132 valence electrons. The van der Waals surface area contributed by atoms with Crippen LogP contribution in [0, 0.1) is 0 Å². The molecule has 1 aromatic carbocycles. The zero-order valence-corrected chi connectivity index (χ0v) is 15.5. The van der Waals surface area contributed by atoms with E-state index in [4.69, 9.17) is 0 Å². The van der Waals surface area contributed by atoms with Crippen molar-refractivity contribution < 1.29 is 18.0 Å². The molecular formula is C16H22N2O4S2. The summed E-state index contributed by atoms with van der Waals surface area (Å²) in [5.41, 5.74) is 0.713. The van der Waals surface area contributed by atoms with E-state index in [1.165, 1.54) is 18.7 Å². The van der Waals surface area contributed by atoms with Crippen LogP contribution in [0.1, 0.15) is 20.3 Å². The van der Waals surface area contributed by atoms with Crippen LogP contribution in [0.5, 0.6) is 0 Å². The monoisotopic (exact) mass is 370 g/mol. The summed E-state index contributed by atoms with van der Waals surface area (Å²) >= 11 is 1.41. The zero-order valence-electron chi connectivity index (χ0n) is 13.8. The van der Waals surface area contributed by atoms with Crippen molar-refractivity contribution in [2.24, 2.45) is 0 Å². The number of hydrogen-bond donors (Lipinski definition) is 1. The Morgan fingerprint density at radius 2 is 1.96 bits per heavy atom. The largest absolute Gasteiger partial charge is 0.338 e. The number of carbonyl (C=O) groups excluding carboxylic acids is 2. The number of nitrogens with zero attached hydrogens (tertiary/aromatic N) is 1. The molecule has 8 heteroatoms. The van der Waals surface area contributed by atoms with Gasteiger partial charge in [-0.2, -0.15) is 0 Å². The van der Waals surface area contributed by atoms with Gasteiger partial charge in [0, 0.05) is 30.1 Å². The first kappa shape index (κ1) is 18.8. The third-order valence-corrected chi connectivity index (χ3v) is 6.59. The predicted molar refractivity (Wildman–Crippen MR) is 95.9 cm³/mol. The minimum atomic E-state index is -3.00. The Bertz CT molecular complexity index is 701. The minimum Gasteiger partial charge on any atom is -0.338 e. The fraction of sp³-hybridized carbons (Fsp3) is 0.500. The second-order valence-electron chi connectivity index (χ2n) is 5.73. The van der Waals surface area contributed by atoms with Gasteiger partial charge >= 0.3 is 0 Å². The smallest absolute Gasteiger partial charge is 0.233 e. The van der Waals surface area contributed by atoms with Gasteiger partial charge in [-0.25, -0.2) is 8.42 Å². The van der Waals surface area contributed by atoms with Gasteiger partial charge < -0.3 is 10.2 Å². The van der Waals surface area contributed by atoms with Gasteiger partial charge in [0.1, 0.15) is 0 Å². The maximum atomic E-state index is 12.4. The SMILES string of the molecule is CCN(C(=O)CSc1ccc(NC(C)=O)cc1)[C@@H]1CCS(=O)(=O)C1. The van der Waals surface area contributed by atoms with Crippen LogP contribution < -0.4 is 5.32 Å². The lowest BCUT2D eigenvalue weighted by molar-refractivity contribution is -0.129. The summed E-state index contributed by atoms with van der Waals surface area (Å²) in [5, 5.41) is 2.69. The number of carbonyl (C=O) groups is 2. The van der Waals surface area contributed by atoms with Crippen LogP contribution in [0.4, 0.5) is 5.69 Å². The number of amides is 2. The third-order valence-electron chi connectivity index (χ3n) is 3.85. The number of hydrogen-bond acceptors (Lipinski definition) is 5. The molecule has 1 heterocycles. The lowest BCUT2D eigenvalue weighted by Crippen LogP contribution is -2.41. The summed E-state index contributed by atoms with van der Waals surface area (Å²) in [6, 6.07) is 7.07. The maximum absolute atomic E-state index is 12.4. The summed E-state index contributed by atoms with van der Waals surface area (Å²) < 4.78 is 23.2. The molecule has 0 saturated carbocycles. The van der Waals surface area contributed by atoms with Crippen LogP contribution in [-0.2, 0) is 19.4 Å². The molecule has 1 aliphatic rings. The molecule has 2 rings (SSSR count). The number of sulfone groups is 1. The first-order valence-corrected chi connectivity index (χ1v) is 10.6. The Labute approximate surface area is 146 Å². The lowest BCUT2D eigenvalue weighted by atomic mass is 10.2. The Kier molecular flexibility index (Phi) is 6.28. The van der Waals surface area contributed by atoms with Gasteiger partial charge in [0.15, 0.2) is 9.84 Å². The minimum absolute atomic E-state index is 0.0458. The fourth-order valence-electron chi connectivity index (χ4n) is 2.73. The molecule has 2 amide bonds. The second-order valence-corrected chi connectivity index (χ2v) is 9.01. The molecule has 0 aromatic heterocycles. The van der Waals surface area contributed by atoms with Crippen LogP contribution >= 0.6 is 11.8 Å². The van der Waals surface area contributed by atoms with E-state index in [1.807, 2.05) is 19.1 Å². The topological polar surface area (TPSA) is 83.6 Å². The van der Waals surface area contributed by atoms with Crippen molar-refractivity contribution in [1.82, 2.24) is 4.90 Å². The quantitative estimate of drug-likeness (QED) is 0.772. The summed E-state index contributed by atoms with van der Waals surface area (Å²) in [6.07, 6.45) is 0.526. The maximum Gasteiger partial charge on any atom is 0.233 e. The van der Waals surface area contributed by atoms with Gasteiger partial charge in [0.25, 0.3) is 0 Å². The number of benzene rings is 1. The summed E-state index contributed by atoms with van der Waals surface area (Å²) in [7, 11) is -3.00. The third kappa shape index (κ3) is 5.24. The molecule has 1 atom stereocenters. The highest BCUT2D eigenvalue weighted by Crippen LogP contribution is 2.23. The van der Waals surface area contributed by atoms with E-state index in [9.17, 15) is 18.0 Å². The molecule has 1 fully saturated rings. The van der Waals surface area contributed by atoms with Crippen LogP contribution in [-0.4, -0.2) is 55.0 Å². The molecule has 6 nitrogen and oxygen atoms in total. The van der Waals surface area contributed by atoms with E-state index < -0.39 is 9.84 Å². The Hall–Kier alpha value is -1.54. The van der Waals surface area contributed by atoms with E-state index >= 15 is 0 Å². The molecule has 24 heavy (non-hydrogen) atoms.